The van der Waals surface area contributed by atoms with Crippen molar-refractivity contribution in [3.05, 3.63) is 23.2 Å². The molecular weight excluding hydrogens is 160 g/mol. The van der Waals surface area contributed by atoms with E-state index >= 15 is 0 Å². The second-order valence-electron chi connectivity index (χ2n) is 4.14. The summed E-state index contributed by atoms with van der Waals surface area (Å²) in [5.41, 5.74) is 2.81. The van der Waals surface area contributed by atoms with Gasteiger partial charge in [0.15, 0.2) is 0 Å². The quantitative estimate of drug-likeness (QED) is 0.686. The van der Waals surface area contributed by atoms with Crippen LogP contribution in [0, 0.1) is 13.8 Å². The Morgan fingerprint density at radius 1 is 1.23 bits per heavy atom. The third-order valence-corrected chi connectivity index (χ3v) is 3.39. The topological polar surface area (TPSA) is 13.1 Å². The van der Waals surface area contributed by atoms with Gasteiger partial charge in [0.2, 0.25) is 0 Å². The van der Waals surface area contributed by atoms with E-state index in [-0.39, 0.29) is 5.41 Å². The minimum Gasteiger partial charge on any atom is -0.468 e. The molecule has 1 aromatic heterocycles. The van der Waals surface area contributed by atoms with Crippen molar-refractivity contribution in [3.8, 4) is 0 Å². The molecule has 0 atom stereocenters. The monoisotopic (exact) mass is 180 g/mol. The van der Waals surface area contributed by atoms with Crippen molar-refractivity contribution in [2.75, 3.05) is 0 Å². The Morgan fingerprint density at radius 2 is 1.77 bits per heavy atom. The fourth-order valence-corrected chi connectivity index (χ4v) is 1.67. The third-order valence-electron chi connectivity index (χ3n) is 3.39. The van der Waals surface area contributed by atoms with Crippen molar-refractivity contribution in [1.82, 2.24) is 0 Å². The molecule has 1 heteroatoms. The summed E-state index contributed by atoms with van der Waals surface area (Å²) in [7, 11) is 0. The fraction of sp³-hybridized carbons (Fsp3) is 0.667. The highest BCUT2D eigenvalue weighted by molar-refractivity contribution is 5.30. The molecule has 0 bridgehead atoms. The number of hydrogen-bond acceptors (Lipinski definition) is 1. The highest BCUT2D eigenvalue weighted by Gasteiger charge is 2.28. The van der Waals surface area contributed by atoms with Crippen molar-refractivity contribution in [3.63, 3.8) is 0 Å². The molecule has 0 aromatic carbocycles. The lowest BCUT2D eigenvalue weighted by Gasteiger charge is -2.24. The zero-order valence-electron chi connectivity index (χ0n) is 9.40. The van der Waals surface area contributed by atoms with E-state index in [0.29, 0.717) is 0 Å². The molecule has 0 aliphatic heterocycles. The van der Waals surface area contributed by atoms with Crippen LogP contribution in [0.5, 0.6) is 0 Å². The number of rotatable bonds is 3. The molecule has 13 heavy (non-hydrogen) atoms. The van der Waals surface area contributed by atoms with E-state index in [0.717, 1.165) is 12.8 Å². The Hall–Kier alpha value is -0.720. The Labute approximate surface area is 81.1 Å². The van der Waals surface area contributed by atoms with E-state index in [1.165, 1.54) is 16.9 Å². The molecule has 0 spiro atoms. The average molecular weight is 180 g/mol. The van der Waals surface area contributed by atoms with Crippen LogP contribution in [0.15, 0.2) is 10.7 Å². The smallest absolute Gasteiger partial charge is 0.112 e. The van der Waals surface area contributed by atoms with Gasteiger partial charge in [0, 0.05) is 5.41 Å². The highest BCUT2D eigenvalue weighted by atomic mass is 16.3. The number of hydrogen-bond donors (Lipinski definition) is 0. The zero-order valence-corrected chi connectivity index (χ0v) is 9.40. The van der Waals surface area contributed by atoms with Gasteiger partial charge in [-0.15, -0.1) is 0 Å². The van der Waals surface area contributed by atoms with E-state index < -0.39 is 0 Å². The van der Waals surface area contributed by atoms with Crippen LogP contribution < -0.4 is 0 Å². The molecule has 0 aliphatic rings. The molecule has 0 radical (unpaired) electrons. The molecule has 0 unspecified atom stereocenters. The van der Waals surface area contributed by atoms with Crippen LogP contribution in [0.3, 0.4) is 0 Å². The van der Waals surface area contributed by atoms with Crippen LogP contribution in [0.25, 0.3) is 0 Å². The minimum atomic E-state index is 0.221. The highest BCUT2D eigenvalue weighted by Crippen LogP contribution is 2.34. The van der Waals surface area contributed by atoms with Gasteiger partial charge in [-0.25, -0.2) is 0 Å². The van der Waals surface area contributed by atoms with Crippen LogP contribution in [0.4, 0.5) is 0 Å². The summed E-state index contributed by atoms with van der Waals surface area (Å²) < 4.78 is 5.64. The Balaban J connectivity index is 3.12. The average Bonchev–Trinajstić information content (AvgIpc) is 2.47. The van der Waals surface area contributed by atoms with Crippen LogP contribution in [0.1, 0.15) is 50.5 Å². The third kappa shape index (κ3) is 1.65. The molecule has 1 nitrogen and oxygen atoms in total. The van der Waals surface area contributed by atoms with Crippen LogP contribution in [-0.4, -0.2) is 0 Å². The summed E-state index contributed by atoms with van der Waals surface area (Å²) in [5.74, 6) is 1.18. The van der Waals surface area contributed by atoms with Gasteiger partial charge in [0.1, 0.15) is 5.76 Å². The second kappa shape index (κ2) is 3.57. The molecule has 0 aliphatic carbocycles. The first-order valence-corrected chi connectivity index (χ1v) is 5.10. The molecular formula is C12H20O. The largest absolute Gasteiger partial charge is 0.468 e. The van der Waals surface area contributed by atoms with Crippen LogP contribution >= 0.6 is 0 Å². The minimum absolute atomic E-state index is 0.221. The molecule has 0 N–H and O–H groups in total. The molecule has 1 rings (SSSR count). The lowest BCUT2D eigenvalue weighted by atomic mass is 9.80. The maximum absolute atomic E-state index is 5.64. The molecule has 0 saturated heterocycles. The standard InChI is InChI=1S/C12H20O/c1-6-12(5,7-2)11-10(4)9(3)8-13-11/h8H,6-7H2,1-5H3. The molecule has 0 amide bonds. The maximum Gasteiger partial charge on any atom is 0.112 e. The van der Waals surface area contributed by atoms with E-state index in [9.17, 15) is 0 Å². The molecule has 0 fully saturated rings. The van der Waals surface area contributed by atoms with Crippen molar-refractivity contribution in [1.29, 1.82) is 0 Å². The molecule has 1 heterocycles. The van der Waals surface area contributed by atoms with Crippen molar-refractivity contribution >= 4 is 0 Å². The lowest BCUT2D eigenvalue weighted by molar-refractivity contribution is 0.337. The Kier molecular flexibility index (Phi) is 2.84. The lowest BCUT2D eigenvalue weighted by Crippen LogP contribution is -2.19. The van der Waals surface area contributed by atoms with E-state index in [4.69, 9.17) is 4.42 Å². The zero-order chi connectivity index (χ0) is 10.1. The van der Waals surface area contributed by atoms with E-state index in [1.807, 2.05) is 6.26 Å². The first-order chi connectivity index (χ1) is 6.05. The summed E-state index contributed by atoms with van der Waals surface area (Å²) in [6.07, 6.45) is 4.14. The van der Waals surface area contributed by atoms with Crippen molar-refractivity contribution in [2.24, 2.45) is 0 Å². The van der Waals surface area contributed by atoms with Gasteiger partial charge < -0.3 is 4.42 Å². The van der Waals surface area contributed by atoms with E-state index in [2.05, 4.69) is 34.6 Å². The summed E-state index contributed by atoms with van der Waals surface area (Å²) in [6.45, 7) is 11.0. The SMILES string of the molecule is CCC(C)(CC)c1occ(C)c1C. The van der Waals surface area contributed by atoms with Gasteiger partial charge >= 0.3 is 0 Å². The predicted octanol–water partition coefficient (Wildman–Crippen LogP) is 3.97. The van der Waals surface area contributed by atoms with Gasteiger partial charge in [0.25, 0.3) is 0 Å². The summed E-state index contributed by atoms with van der Waals surface area (Å²) >= 11 is 0. The van der Waals surface area contributed by atoms with Crippen LogP contribution in [0.2, 0.25) is 0 Å². The van der Waals surface area contributed by atoms with Gasteiger partial charge in [-0.3, -0.25) is 0 Å². The first kappa shape index (κ1) is 10.4. The first-order valence-electron chi connectivity index (χ1n) is 5.10. The number of furan rings is 1. The van der Waals surface area contributed by atoms with Crippen molar-refractivity contribution < 1.29 is 4.42 Å². The van der Waals surface area contributed by atoms with Gasteiger partial charge in [0.05, 0.1) is 6.26 Å². The summed E-state index contributed by atoms with van der Waals surface area (Å²) in [5, 5.41) is 0. The number of aryl methyl sites for hydroxylation is 1. The normalized spacial score (nSPS) is 12.1. The van der Waals surface area contributed by atoms with Gasteiger partial charge in [-0.1, -0.05) is 20.8 Å². The summed E-state index contributed by atoms with van der Waals surface area (Å²) in [6, 6.07) is 0. The molecule has 1 aromatic rings. The van der Waals surface area contributed by atoms with Crippen molar-refractivity contribution in [2.45, 2.75) is 52.9 Å². The fourth-order valence-electron chi connectivity index (χ4n) is 1.67. The molecule has 74 valence electrons. The maximum atomic E-state index is 5.64. The van der Waals surface area contributed by atoms with Gasteiger partial charge in [-0.05, 0) is 37.8 Å². The second-order valence-corrected chi connectivity index (χ2v) is 4.14. The predicted molar refractivity (Wildman–Crippen MR) is 56.1 cm³/mol. The molecule has 0 saturated carbocycles. The Morgan fingerprint density at radius 3 is 2.08 bits per heavy atom. The van der Waals surface area contributed by atoms with Crippen LogP contribution in [-0.2, 0) is 5.41 Å². The van der Waals surface area contributed by atoms with E-state index in [1.54, 1.807) is 0 Å². The Bertz CT molecular complexity index is 279. The van der Waals surface area contributed by atoms with Gasteiger partial charge in [-0.2, -0.15) is 0 Å². The summed E-state index contributed by atoms with van der Waals surface area (Å²) in [4.78, 5) is 0.